The number of hydrogen-bond acceptors (Lipinski definition) is 3. The number of methoxy groups -OCH3 is 1. The number of nitrogens with zero attached hydrogens (tertiary/aromatic N) is 1. The quantitative estimate of drug-likeness (QED) is 0.836. The molecule has 0 aliphatic rings. The molecule has 0 aromatic heterocycles. The predicted molar refractivity (Wildman–Crippen MR) is 62.7 cm³/mol. The van der Waals surface area contributed by atoms with Crippen LogP contribution in [0.15, 0.2) is 18.2 Å². The van der Waals surface area contributed by atoms with Crippen LogP contribution in [0.1, 0.15) is 10.4 Å². The lowest BCUT2D eigenvalue weighted by molar-refractivity contribution is 0.0697. The second-order valence-electron chi connectivity index (χ2n) is 3.54. The minimum atomic E-state index is -1.06. The van der Waals surface area contributed by atoms with Crippen LogP contribution < -0.4 is 10.1 Å². The average molecular weight is 238 g/mol. The minimum absolute atomic E-state index is 0.0832. The largest absolute Gasteiger partial charge is 0.495 e. The van der Waals surface area contributed by atoms with Crippen molar-refractivity contribution < 1.29 is 19.4 Å². The minimum Gasteiger partial charge on any atom is -0.495 e. The summed E-state index contributed by atoms with van der Waals surface area (Å²) in [5, 5.41) is 11.4. The topological polar surface area (TPSA) is 78.9 Å². The molecule has 0 aliphatic carbocycles. The number of hydrogen-bond donors (Lipinski definition) is 2. The number of carbonyl (C=O) groups excluding carboxylic acids is 1. The van der Waals surface area contributed by atoms with Gasteiger partial charge in [-0.05, 0) is 18.2 Å². The van der Waals surface area contributed by atoms with Gasteiger partial charge in [0.25, 0.3) is 0 Å². The first-order valence-electron chi connectivity index (χ1n) is 4.85. The van der Waals surface area contributed by atoms with E-state index < -0.39 is 5.97 Å². The second-order valence-corrected chi connectivity index (χ2v) is 3.54. The fourth-order valence-electron chi connectivity index (χ4n) is 1.17. The van der Waals surface area contributed by atoms with E-state index in [4.69, 9.17) is 9.84 Å². The maximum absolute atomic E-state index is 11.5. The molecule has 0 heterocycles. The summed E-state index contributed by atoms with van der Waals surface area (Å²) < 4.78 is 5.03. The monoisotopic (exact) mass is 238 g/mol. The third kappa shape index (κ3) is 3.10. The van der Waals surface area contributed by atoms with E-state index in [0.29, 0.717) is 11.4 Å². The first kappa shape index (κ1) is 12.8. The summed E-state index contributed by atoms with van der Waals surface area (Å²) in [6.07, 6.45) is 0. The molecule has 92 valence electrons. The van der Waals surface area contributed by atoms with Crippen LogP contribution >= 0.6 is 0 Å². The van der Waals surface area contributed by atoms with Gasteiger partial charge in [0, 0.05) is 14.1 Å². The van der Waals surface area contributed by atoms with Crippen LogP contribution in [0.4, 0.5) is 10.5 Å². The number of ether oxygens (including phenoxy) is 1. The molecule has 0 saturated carbocycles. The van der Waals surface area contributed by atoms with E-state index in [9.17, 15) is 9.59 Å². The highest BCUT2D eigenvalue weighted by Crippen LogP contribution is 2.25. The van der Waals surface area contributed by atoms with Gasteiger partial charge in [0.1, 0.15) is 5.75 Å². The van der Waals surface area contributed by atoms with Crippen molar-refractivity contribution in [3.05, 3.63) is 23.8 Å². The van der Waals surface area contributed by atoms with Crippen molar-refractivity contribution in [3.8, 4) is 5.75 Å². The van der Waals surface area contributed by atoms with E-state index in [1.54, 1.807) is 14.1 Å². The van der Waals surface area contributed by atoms with E-state index >= 15 is 0 Å². The van der Waals surface area contributed by atoms with Gasteiger partial charge in [0.05, 0.1) is 18.4 Å². The molecular weight excluding hydrogens is 224 g/mol. The molecule has 1 aromatic rings. The molecule has 6 nitrogen and oxygen atoms in total. The fourth-order valence-corrected chi connectivity index (χ4v) is 1.17. The number of benzene rings is 1. The van der Waals surface area contributed by atoms with Crippen LogP contribution in [0.5, 0.6) is 5.75 Å². The highest BCUT2D eigenvalue weighted by atomic mass is 16.5. The van der Waals surface area contributed by atoms with Crippen molar-refractivity contribution in [3.63, 3.8) is 0 Å². The summed E-state index contributed by atoms with van der Waals surface area (Å²) in [4.78, 5) is 23.6. The lowest BCUT2D eigenvalue weighted by atomic mass is 10.2. The highest BCUT2D eigenvalue weighted by Gasteiger charge is 2.12. The lowest BCUT2D eigenvalue weighted by Gasteiger charge is -2.14. The molecule has 0 unspecified atom stereocenters. The summed E-state index contributed by atoms with van der Waals surface area (Å²) in [7, 11) is 4.62. The van der Waals surface area contributed by atoms with E-state index in [1.807, 2.05) is 0 Å². The van der Waals surface area contributed by atoms with Gasteiger partial charge in [0.2, 0.25) is 0 Å². The first-order valence-corrected chi connectivity index (χ1v) is 4.85. The van der Waals surface area contributed by atoms with Crippen LogP contribution in [0.25, 0.3) is 0 Å². The number of carbonyl (C=O) groups is 2. The molecule has 2 amide bonds. The molecule has 0 atom stereocenters. The Morgan fingerprint density at radius 2 is 2.00 bits per heavy atom. The summed E-state index contributed by atoms with van der Waals surface area (Å²) >= 11 is 0. The van der Waals surface area contributed by atoms with E-state index in [-0.39, 0.29) is 11.6 Å². The molecule has 2 N–H and O–H groups in total. The van der Waals surface area contributed by atoms with Gasteiger partial charge < -0.3 is 20.1 Å². The van der Waals surface area contributed by atoms with Crippen LogP contribution in [0, 0.1) is 0 Å². The Balaban J connectivity index is 3.06. The smallest absolute Gasteiger partial charge is 0.335 e. The summed E-state index contributed by atoms with van der Waals surface area (Å²) in [6.45, 7) is 0. The Morgan fingerprint density at radius 3 is 2.47 bits per heavy atom. The first-order chi connectivity index (χ1) is 7.95. The number of carboxylic acid groups (broad SMARTS) is 1. The van der Waals surface area contributed by atoms with Gasteiger partial charge in [0.15, 0.2) is 0 Å². The van der Waals surface area contributed by atoms with Crippen molar-refractivity contribution >= 4 is 17.7 Å². The van der Waals surface area contributed by atoms with Gasteiger partial charge >= 0.3 is 12.0 Å². The average Bonchev–Trinajstić information content (AvgIpc) is 2.28. The van der Waals surface area contributed by atoms with Crippen LogP contribution in [-0.2, 0) is 0 Å². The molecule has 0 bridgehead atoms. The Morgan fingerprint density at radius 1 is 1.35 bits per heavy atom. The number of carboxylic acids is 1. The van der Waals surface area contributed by atoms with Gasteiger partial charge in [-0.15, -0.1) is 0 Å². The fraction of sp³-hybridized carbons (Fsp3) is 0.273. The summed E-state index contributed by atoms with van der Waals surface area (Å²) in [5.41, 5.74) is 0.408. The number of rotatable bonds is 3. The van der Waals surface area contributed by atoms with E-state index in [1.165, 1.54) is 30.2 Å². The Bertz CT molecular complexity index is 443. The summed E-state index contributed by atoms with van der Waals surface area (Å²) in [6, 6.07) is 3.90. The predicted octanol–water partition coefficient (Wildman–Crippen LogP) is 1.49. The number of nitrogens with one attached hydrogen (secondary N) is 1. The molecule has 1 rings (SSSR count). The summed E-state index contributed by atoms with van der Waals surface area (Å²) in [5.74, 6) is -0.654. The van der Waals surface area contributed by atoms with Crippen molar-refractivity contribution in [2.75, 3.05) is 26.5 Å². The molecule has 0 fully saturated rings. The van der Waals surface area contributed by atoms with Crippen molar-refractivity contribution in [1.82, 2.24) is 4.90 Å². The number of aromatic carboxylic acids is 1. The van der Waals surface area contributed by atoms with Crippen LogP contribution in [-0.4, -0.2) is 43.2 Å². The standard InChI is InChI=1S/C11H14N2O4/c1-13(2)11(16)12-8-6-7(10(14)15)4-5-9(8)17-3/h4-6H,1-3H3,(H,12,16)(H,14,15). The SMILES string of the molecule is COc1ccc(C(=O)O)cc1NC(=O)N(C)C. The third-order valence-corrected chi connectivity index (χ3v) is 2.09. The van der Waals surface area contributed by atoms with Gasteiger partial charge in [-0.3, -0.25) is 0 Å². The molecule has 0 saturated heterocycles. The van der Waals surface area contributed by atoms with E-state index in [2.05, 4.69) is 5.32 Å². The number of amides is 2. The zero-order chi connectivity index (χ0) is 13.0. The normalized spacial score (nSPS) is 9.59. The molecule has 6 heteroatoms. The molecule has 0 aliphatic heterocycles. The van der Waals surface area contributed by atoms with Crippen molar-refractivity contribution in [2.24, 2.45) is 0 Å². The molecule has 1 aromatic carbocycles. The molecule has 0 radical (unpaired) electrons. The van der Waals surface area contributed by atoms with Crippen molar-refractivity contribution in [1.29, 1.82) is 0 Å². The third-order valence-electron chi connectivity index (χ3n) is 2.09. The molecule has 0 spiro atoms. The van der Waals surface area contributed by atoms with Crippen LogP contribution in [0.3, 0.4) is 0 Å². The van der Waals surface area contributed by atoms with Crippen molar-refractivity contribution in [2.45, 2.75) is 0 Å². The molecular formula is C11H14N2O4. The Kier molecular flexibility index (Phi) is 3.92. The number of urea groups is 1. The zero-order valence-electron chi connectivity index (χ0n) is 9.85. The van der Waals surface area contributed by atoms with Gasteiger partial charge in [-0.1, -0.05) is 0 Å². The molecule has 17 heavy (non-hydrogen) atoms. The Hall–Kier alpha value is -2.24. The van der Waals surface area contributed by atoms with E-state index in [0.717, 1.165) is 0 Å². The maximum atomic E-state index is 11.5. The highest BCUT2D eigenvalue weighted by molar-refractivity contribution is 5.94. The van der Waals surface area contributed by atoms with Crippen LogP contribution in [0.2, 0.25) is 0 Å². The Labute approximate surface area is 98.8 Å². The zero-order valence-corrected chi connectivity index (χ0v) is 9.85. The maximum Gasteiger partial charge on any atom is 0.335 e. The second kappa shape index (κ2) is 5.20. The van der Waals surface area contributed by atoms with Gasteiger partial charge in [-0.25, -0.2) is 9.59 Å². The van der Waals surface area contributed by atoms with Gasteiger partial charge in [-0.2, -0.15) is 0 Å². The lowest BCUT2D eigenvalue weighted by Crippen LogP contribution is -2.27. The number of anilines is 1.